The van der Waals surface area contributed by atoms with Gasteiger partial charge in [0.1, 0.15) is 5.69 Å². The molecule has 1 heterocycles. The summed E-state index contributed by atoms with van der Waals surface area (Å²) in [6.45, 7) is 5.46. The maximum absolute atomic E-state index is 12.9. The SMILES string of the molecule is CC(C)(C)C(CC(=O)O)NC(=O)c1cccc(F)n1. The van der Waals surface area contributed by atoms with E-state index in [1.165, 1.54) is 12.1 Å². The first-order valence-corrected chi connectivity index (χ1v) is 5.85. The molecule has 1 amide bonds. The number of hydrogen-bond donors (Lipinski definition) is 2. The lowest BCUT2D eigenvalue weighted by Gasteiger charge is -2.30. The Morgan fingerprint density at radius 2 is 2.05 bits per heavy atom. The van der Waals surface area contributed by atoms with Crippen LogP contribution < -0.4 is 5.32 Å². The number of pyridine rings is 1. The average molecular weight is 268 g/mol. The fraction of sp³-hybridized carbons (Fsp3) is 0.462. The summed E-state index contributed by atoms with van der Waals surface area (Å²) in [6.07, 6.45) is -0.204. The van der Waals surface area contributed by atoms with Crippen molar-refractivity contribution in [2.75, 3.05) is 0 Å². The molecule has 2 N–H and O–H groups in total. The standard InChI is InChI=1S/C13H17FN2O3/c1-13(2,3)9(7-11(17)18)16-12(19)8-5-4-6-10(14)15-8/h4-6,9H,7H2,1-3H3,(H,16,19)(H,17,18). The van der Waals surface area contributed by atoms with Crippen molar-refractivity contribution >= 4 is 11.9 Å². The van der Waals surface area contributed by atoms with Crippen molar-refractivity contribution in [2.24, 2.45) is 5.41 Å². The highest BCUT2D eigenvalue weighted by atomic mass is 19.1. The van der Waals surface area contributed by atoms with Gasteiger partial charge < -0.3 is 10.4 Å². The van der Waals surface area contributed by atoms with Crippen LogP contribution in [0, 0.1) is 11.4 Å². The van der Waals surface area contributed by atoms with Gasteiger partial charge in [0.15, 0.2) is 0 Å². The molecule has 1 rings (SSSR count). The van der Waals surface area contributed by atoms with Gasteiger partial charge in [-0.05, 0) is 17.5 Å². The third kappa shape index (κ3) is 4.65. The number of rotatable bonds is 4. The van der Waals surface area contributed by atoms with Crippen LogP contribution in [0.25, 0.3) is 0 Å². The Bertz CT molecular complexity index is 483. The van der Waals surface area contributed by atoms with Crippen molar-refractivity contribution in [1.29, 1.82) is 0 Å². The Morgan fingerprint density at radius 1 is 1.42 bits per heavy atom. The lowest BCUT2D eigenvalue weighted by molar-refractivity contribution is -0.138. The molecule has 0 spiro atoms. The smallest absolute Gasteiger partial charge is 0.305 e. The summed E-state index contributed by atoms with van der Waals surface area (Å²) in [5.74, 6) is -2.34. The van der Waals surface area contributed by atoms with E-state index in [0.29, 0.717) is 0 Å². The molecule has 1 aromatic heterocycles. The molecular weight excluding hydrogens is 251 g/mol. The zero-order valence-corrected chi connectivity index (χ0v) is 11.1. The predicted molar refractivity (Wildman–Crippen MR) is 67.2 cm³/mol. The Balaban J connectivity index is 2.85. The summed E-state index contributed by atoms with van der Waals surface area (Å²) in [4.78, 5) is 26.2. The molecule has 0 aliphatic heterocycles. The van der Waals surface area contributed by atoms with Crippen molar-refractivity contribution in [3.8, 4) is 0 Å². The minimum Gasteiger partial charge on any atom is -0.481 e. The zero-order valence-electron chi connectivity index (χ0n) is 11.1. The molecule has 0 aliphatic carbocycles. The molecule has 0 radical (unpaired) electrons. The molecule has 0 aliphatic rings. The van der Waals surface area contributed by atoms with E-state index in [2.05, 4.69) is 10.3 Å². The monoisotopic (exact) mass is 268 g/mol. The second-order valence-corrected chi connectivity index (χ2v) is 5.34. The number of carbonyl (C=O) groups is 2. The molecule has 1 unspecified atom stereocenters. The predicted octanol–water partition coefficient (Wildman–Crippen LogP) is 1.84. The average Bonchev–Trinajstić information content (AvgIpc) is 2.26. The Morgan fingerprint density at radius 3 is 2.53 bits per heavy atom. The summed E-state index contributed by atoms with van der Waals surface area (Å²) in [6, 6.07) is 3.32. The molecule has 0 aromatic carbocycles. The molecule has 0 saturated heterocycles. The number of nitrogens with one attached hydrogen (secondary N) is 1. The summed E-state index contributed by atoms with van der Waals surface area (Å²) in [7, 11) is 0. The molecule has 6 heteroatoms. The number of carboxylic acids is 1. The van der Waals surface area contributed by atoms with E-state index in [1.807, 2.05) is 20.8 Å². The fourth-order valence-corrected chi connectivity index (χ4v) is 1.52. The van der Waals surface area contributed by atoms with Gasteiger partial charge in [0.25, 0.3) is 5.91 Å². The number of carbonyl (C=O) groups excluding carboxylic acids is 1. The van der Waals surface area contributed by atoms with Gasteiger partial charge in [0.2, 0.25) is 5.95 Å². The van der Waals surface area contributed by atoms with E-state index >= 15 is 0 Å². The first-order valence-electron chi connectivity index (χ1n) is 5.85. The maximum atomic E-state index is 12.9. The Hall–Kier alpha value is -1.98. The molecule has 1 aromatic rings. The topological polar surface area (TPSA) is 79.3 Å². The van der Waals surface area contributed by atoms with Crippen molar-refractivity contribution < 1.29 is 19.1 Å². The largest absolute Gasteiger partial charge is 0.481 e. The number of aliphatic carboxylic acids is 1. The molecule has 19 heavy (non-hydrogen) atoms. The first kappa shape index (κ1) is 15.1. The van der Waals surface area contributed by atoms with E-state index in [9.17, 15) is 14.0 Å². The van der Waals surface area contributed by atoms with Crippen LogP contribution in [0.4, 0.5) is 4.39 Å². The molecule has 1 atom stereocenters. The lowest BCUT2D eigenvalue weighted by atomic mass is 9.84. The number of amides is 1. The van der Waals surface area contributed by atoms with Gasteiger partial charge in [-0.1, -0.05) is 26.8 Å². The number of carboxylic acid groups (broad SMARTS) is 1. The van der Waals surface area contributed by atoms with E-state index < -0.39 is 29.3 Å². The minimum absolute atomic E-state index is 0.0698. The number of nitrogens with zero attached hydrogens (tertiary/aromatic N) is 1. The van der Waals surface area contributed by atoms with Gasteiger partial charge >= 0.3 is 5.97 Å². The van der Waals surface area contributed by atoms with Crippen LogP contribution in [0.3, 0.4) is 0 Å². The summed E-state index contributed by atoms with van der Waals surface area (Å²) >= 11 is 0. The molecular formula is C13H17FN2O3. The fourth-order valence-electron chi connectivity index (χ4n) is 1.52. The second-order valence-electron chi connectivity index (χ2n) is 5.34. The van der Waals surface area contributed by atoms with Crippen molar-refractivity contribution in [3.63, 3.8) is 0 Å². The summed E-state index contributed by atoms with van der Waals surface area (Å²) in [5, 5.41) is 11.4. The Kier molecular flexibility index (Phi) is 4.58. The molecule has 0 bridgehead atoms. The van der Waals surface area contributed by atoms with Gasteiger partial charge in [-0.15, -0.1) is 0 Å². The van der Waals surface area contributed by atoms with Crippen LogP contribution in [0.1, 0.15) is 37.7 Å². The maximum Gasteiger partial charge on any atom is 0.305 e. The quantitative estimate of drug-likeness (QED) is 0.817. The van der Waals surface area contributed by atoms with Gasteiger partial charge in [0.05, 0.1) is 6.42 Å². The van der Waals surface area contributed by atoms with Crippen LogP contribution in [-0.2, 0) is 4.79 Å². The van der Waals surface area contributed by atoms with Gasteiger partial charge in [0, 0.05) is 6.04 Å². The summed E-state index contributed by atoms with van der Waals surface area (Å²) in [5.41, 5.74) is -0.499. The number of hydrogen-bond acceptors (Lipinski definition) is 3. The van der Waals surface area contributed by atoms with Crippen LogP contribution in [0.2, 0.25) is 0 Å². The highest BCUT2D eigenvalue weighted by Gasteiger charge is 2.29. The Labute approximate surface area is 110 Å². The zero-order chi connectivity index (χ0) is 14.6. The van der Waals surface area contributed by atoms with E-state index in [1.54, 1.807) is 0 Å². The first-order chi connectivity index (χ1) is 8.70. The molecule has 0 saturated carbocycles. The molecule has 5 nitrogen and oxygen atoms in total. The van der Waals surface area contributed by atoms with E-state index in [0.717, 1.165) is 6.07 Å². The van der Waals surface area contributed by atoms with E-state index in [4.69, 9.17) is 5.11 Å². The highest BCUT2D eigenvalue weighted by Crippen LogP contribution is 2.22. The van der Waals surface area contributed by atoms with Crippen LogP contribution in [-0.4, -0.2) is 28.0 Å². The normalized spacial score (nSPS) is 12.8. The van der Waals surface area contributed by atoms with Crippen LogP contribution in [0.5, 0.6) is 0 Å². The van der Waals surface area contributed by atoms with Crippen molar-refractivity contribution in [1.82, 2.24) is 10.3 Å². The highest BCUT2D eigenvalue weighted by molar-refractivity contribution is 5.92. The number of halogens is 1. The van der Waals surface area contributed by atoms with Gasteiger partial charge in [-0.3, -0.25) is 9.59 Å². The van der Waals surface area contributed by atoms with Crippen LogP contribution >= 0.6 is 0 Å². The lowest BCUT2D eigenvalue weighted by Crippen LogP contribution is -2.45. The minimum atomic E-state index is -1.01. The third-order valence-corrected chi connectivity index (χ3v) is 2.68. The van der Waals surface area contributed by atoms with Crippen molar-refractivity contribution in [3.05, 3.63) is 29.8 Å². The van der Waals surface area contributed by atoms with E-state index in [-0.39, 0.29) is 12.1 Å². The molecule has 0 fully saturated rings. The van der Waals surface area contributed by atoms with Crippen molar-refractivity contribution in [2.45, 2.75) is 33.2 Å². The van der Waals surface area contributed by atoms with Crippen LogP contribution in [0.15, 0.2) is 18.2 Å². The molecule has 104 valence electrons. The third-order valence-electron chi connectivity index (χ3n) is 2.68. The van der Waals surface area contributed by atoms with Gasteiger partial charge in [-0.25, -0.2) is 4.98 Å². The second kappa shape index (κ2) is 5.77. The van der Waals surface area contributed by atoms with Gasteiger partial charge in [-0.2, -0.15) is 4.39 Å². The number of aromatic nitrogens is 1. The summed E-state index contributed by atoms with van der Waals surface area (Å²) < 4.78 is 12.9.